The lowest BCUT2D eigenvalue weighted by Crippen LogP contribution is -2.33. The monoisotopic (exact) mass is 406 g/mol. The van der Waals surface area contributed by atoms with Crippen LogP contribution >= 0.6 is 0 Å². The molecule has 154 valence electrons. The molecular formula is C24H22O6. The van der Waals surface area contributed by atoms with Crippen molar-refractivity contribution in [3.05, 3.63) is 63.5 Å². The smallest absolute Gasteiger partial charge is 0.336 e. The lowest BCUT2D eigenvalue weighted by molar-refractivity contribution is 0.0849. The molecule has 0 saturated carbocycles. The molecule has 4 rings (SSSR count). The zero-order valence-electron chi connectivity index (χ0n) is 17.1. The third kappa shape index (κ3) is 2.64. The van der Waals surface area contributed by atoms with Crippen molar-refractivity contribution in [1.82, 2.24) is 0 Å². The fourth-order valence-electron chi connectivity index (χ4n) is 4.13. The number of hydrogen-bond acceptors (Lipinski definition) is 6. The highest BCUT2D eigenvalue weighted by Gasteiger charge is 2.46. The van der Waals surface area contributed by atoms with Crippen LogP contribution in [0, 0.1) is 5.92 Å². The maximum atomic E-state index is 13.1. The van der Waals surface area contributed by atoms with Crippen molar-refractivity contribution in [3.63, 3.8) is 0 Å². The van der Waals surface area contributed by atoms with Gasteiger partial charge in [0.05, 0.1) is 17.6 Å². The summed E-state index contributed by atoms with van der Waals surface area (Å²) < 4.78 is 5.36. The summed E-state index contributed by atoms with van der Waals surface area (Å²) in [7, 11) is 0. The molecule has 30 heavy (non-hydrogen) atoms. The Balaban J connectivity index is 2.32. The van der Waals surface area contributed by atoms with Crippen molar-refractivity contribution in [2.75, 3.05) is 0 Å². The first-order chi connectivity index (χ1) is 14.1. The molecular weight excluding hydrogens is 384 g/mol. The van der Waals surface area contributed by atoms with Crippen molar-refractivity contribution < 1.29 is 24.2 Å². The van der Waals surface area contributed by atoms with Gasteiger partial charge in [-0.25, -0.2) is 4.79 Å². The normalized spacial score (nSPS) is 17.4. The van der Waals surface area contributed by atoms with Gasteiger partial charge in [-0.2, -0.15) is 0 Å². The lowest BCUT2D eigenvalue weighted by atomic mass is 9.73. The number of aliphatic hydroxyl groups excluding tert-OH is 1. The number of benzene rings is 2. The van der Waals surface area contributed by atoms with Gasteiger partial charge in [0.15, 0.2) is 22.9 Å². The van der Waals surface area contributed by atoms with Gasteiger partial charge in [-0.1, -0.05) is 44.2 Å². The number of carbonyl (C=O) groups is 2. The number of ketones is 2. The fraction of sp³-hybridized carbons (Fsp3) is 0.292. The molecule has 2 unspecified atom stereocenters. The standard InChI is InChI=1S/C24H22O6/c1-11-20(27)17-18(21(11)28)22(29)23-16(19(17)24(3,4)12(2)25)14(10-15(26)30-23)13-8-6-5-7-9-13/h5-12,25,29H,1-4H3. The summed E-state index contributed by atoms with van der Waals surface area (Å²) in [6.07, 6.45) is -0.899. The van der Waals surface area contributed by atoms with Gasteiger partial charge in [-0.15, -0.1) is 0 Å². The van der Waals surface area contributed by atoms with Gasteiger partial charge in [0.25, 0.3) is 0 Å². The zero-order chi connectivity index (χ0) is 22.0. The fourth-order valence-corrected chi connectivity index (χ4v) is 4.13. The topological polar surface area (TPSA) is 105 Å². The van der Waals surface area contributed by atoms with Crippen molar-refractivity contribution in [2.45, 2.75) is 39.2 Å². The van der Waals surface area contributed by atoms with Crippen LogP contribution in [0.5, 0.6) is 5.75 Å². The second kappa shape index (κ2) is 6.64. The number of aliphatic hydroxyl groups is 1. The highest BCUT2D eigenvalue weighted by molar-refractivity contribution is 6.30. The lowest BCUT2D eigenvalue weighted by Gasteiger charge is -2.32. The number of Topliss-reactive ketones (excluding diaryl/α,β-unsaturated/α-hetero) is 2. The number of carbonyl (C=O) groups excluding carboxylic acids is 2. The predicted octanol–water partition coefficient (Wildman–Crippen LogP) is 3.84. The Hall–Kier alpha value is -3.25. The van der Waals surface area contributed by atoms with E-state index in [1.54, 1.807) is 45.0 Å². The molecule has 0 bridgehead atoms. The van der Waals surface area contributed by atoms with Gasteiger partial charge < -0.3 is 14.6 Å². The second-order valence-corrected chi connectivity index (χ2v) is 8.37. The molecule has 1 aliphatic rings. The Morgan fingerprint density at radius 1 is 1.03 bits per heavy atom. The molecule has 1 heterocycles. The molecule has 0 aliphatic heterocycles. The number of fused-ring (bicyclic) bond motifs is 2. The average Bonchev–Trinajstić information content (AvgIpc) is 2.93. The second-order valence-electron chi connectivity index (χ2n) is 8.37. The van der Waals surface area contributed by atoms with Crippen LogP contribution < -0.4 is 5.63 Å². The number of rotatable bonds is 3. The summed E-state index contributed by atoms with van der Waals surface area (Å²) in [5.41, 5.74) is -0.344. The van der Waals surface area contributed by atoms with Crippen LogP contribution in [0.1, 0.15) is 54.0 Å². The molecule has 1 aromatic heterocycles. The number of phenols is 1. The Morgan fingerprint density at radius 3 is 2.23 bits per heavy atom. The molecule has 3 aromatic rings. The molecule has 0 radical (unpaired) electrons. The van der Waals surface area contributed by atoms with E-state index >= 15 is 0 Å². The summed E-state index contributed by atoms with van der Waals surface area (Å²) in [6.45, 7) is 6.59. The maximum Gasteiger partial charge on any atom is 0.336 e. The van der Waals surface area contributed by atoms with Crippen LogP contribution in [-0.2, 0) is 5.41 Å². The first-order valence-electron chi connectivity index (χ1n) is 9.76. The molecule has 0 amide bonds. The quantitative estimate of drug-likeness (QED) is 0.506. The predicted molar refractivity (Wildman–Crippen MR) is 112 cm³/mol. The van der Waals surface area contributed by atoms with E-state index in [9.17, 15) is 24.6 Å². The third-order valence-corrected chi connectivity index (χ3v) is 6.22. The van der Waals surface area contributed by atoms with E-state index in [1.165, 1.54) is 13.0 Å². The molecule has 1 aliphatic carbocycles. The van der Waals surface area contributed by atoms with E-state index in [4.69, 9.17) is 4.42 Å². The van der Waals surface area contributed by atoms with Crippen LogP contribution in [0.15, 0.2) is 45.6 Å². The molecule has 2 atom stereocenters. The highest BCUT2D eigenvalue weighted by Crippen LogP contribution is 2.48. The minimum Gasteiger partial charge on any atom is -0.504 e. The maximum absolute atomic E-state index is 13.1. The number of phenolic OH excluding ortho intramolecular Hbond substituents is 1. The van der Waals surface area contributed by atoms with Crippen molar-refractivity contribution in [1.29, 1.82) is 0 Å². The first-order valence-corrected chi connectivity index (χ1v) is 9.76. The highest BCUT2D eigenvalue weighted by atomic mass is 16.4. The van der Waals surface area contributed by atoms with E-state index in [-0.39, 0.29) is 16.7 Å². The Bertz CT molecular complexity index is 1260. The largest absolute Gasteiger partial charge is 0.504 e. The van der Waals surface area contributed by atoms with Crippen molar-refractivity contribution >= 4 is 22.5 Å². The van der Waals surface area contributed by atoms with Crippen LogP contribution in [0.3, 0.4) is 0 Å². The van der Waals surface area contributed by atoms with Gasteiger partial charge >= 0.3 is 5.63 Å². The van der Waals surface area contributed by atoms with Gasteiger partial charge in [0.1, 0.15) is 0 Å². The van der Waals surface area contributed by atoms with E-state index in [1.807, 2.05) is 6.07 Å². The van der Waals surface area contributed by atoms with E-state index in [0.29, 0.717) is 22.1 Å². The van der Waals surface area contributed by atoms with Gasteiger partial charge in [0.2, 0.25) is 0 Å². The van der Waals surface area contributed by atoms with Crippen molar-refractivity contribution in [3.8, 4) is 16.9 Å². The van der Waals surface area contributed by atoms with E-state index in [2.05, 4.69) is 0 Å². The number of aromatic hydroxyl groups is 1. The minimum atomic E-state index is -0.987. The number of hydrogen-bond donors (Lipinski definition) is 2. The van der Waals surface area contributed by atoms with Gasteiger partial charge in [0, 0.05) is 28.0 Å². The zero-order valence-corrected chi connectivity index (χ0v) is 17.1. The average molecular weight is 406 g/mol. The molecule has 2 aromatic carbocycles. The molecule has 0 saturated heterocycles. The Kier molecular flexibility index (Phi) is 4.43. The summed E-state index contributed by atoms with van der Waals surface area (Å²) in [5.74, 6) is -2.41. The summed E-state index contributed by atoms with van der Waals surface area (Å²) in [5, 5.41) is 21.9. The van der Waals surface area contributed by atoms with Gasteiger partial charge in [-0.3, -0.25) is 9.59 Å². The van der Waals surface area contributed by atoms with Crippen LogP contribution in [0.4, 0.5) is 0 Å². The molecule has 0 spiro atoms. The van der Waals surface area contributed by atoms with E-state index < -0.39 is 40.4 Å². The van der Waals surface area contributed by atoms with Crippen LogP contribution in [0.25, 0.3) is 22.1 Å². The summed E-state index contributed by atoms with van der Waals surface area (Å²) in [6, 6.07) is 10.3. The third-order valence-electron chi connectivity index (χ3n) is 6.22. The molecule has 0 fully saturated rings. The molecule has 6 nitrogen and oxygen atoms in total. The van der Waals surface area contributed by atoms with E-state index in [0.717, 1.165) is 0 Å². The summed E-state index contributed by atoms with van der Waals surface area (Å²) >= 11 is 0. The van der Waals surface area contributed by atoms with Gasteiger partial charge in [-0.05, 0) is 25.0 Å². The SMILES string of the molecule is CC1C(=O)c2c(c(C(C)(C)C(C)O)c3c(-c4ccccc4)cc(=O)oc3c2O)C1=O. The van der Waals surface area contributed by atoms with Crippen LogP contribution in [0.2, 0.25) is 0 Å². The van der Waals surface area contributed by atoms with Crippen LogP contribution in [-0.4, -0.2) is 27.9 Å². The minimum absolute atomic E-state index is 0.0921. The Labute approximate surface area is 172 Å². The van der Waals surface area contributed by atoms with Crippen molar-refractivity contribution in [2.24, 2.45) is 5.92 Å². The Morgan fingerprint density at radius 2 is 1.63 bits per heavy atom. The summed E-state index contributed by atoms with van der Waals surface area (Å²) in [4.78, 5) is 38.3. The molecule has 6 heteroatoms. The first kappa shape index (κ1) is 20.0. The molecule has 2 N–H and O–H groups in total.